The molecule has 5 nitrogen and oxygen atoms in total. The zero-order valence-corrected chi connectivity index (χ0v) is 10.9. The van der Waals surface area contributed by atoms with E-state index in [9.17, 15) is 0 Å². The van der Waals surface area contributed by atoms with Gasteiger partial charge in [0, 0.05) is 18.6 Å². The Labute approximate surface area is 107 Å². The van der Waals surface area contributed by atoms with E-state index >= 15 is 0 Å². The molecule has 3 unspecified atom stereocenters. The summed E-state index contributed by atoms with van der Waals surface area (Å²) in [5.41, 5.74) is 5.65. The number of hydrogen-bond acceptors (Lipinski definition) is 5. The lowest BCUT2D eigenvalue weighted by molar-refractivity contribution is 0.00768. The third-order valence-corrected chi connectivity index (χ3v) is 4.20. The van der Waals surface area contributed by atoms with Crippen molar-refractivity contribution in [2.24, 2.45) is 5.73 Å². The highest BCUT2D eigenvalue weighted by atomic mass is 16.5. The third-order valence-electron chi connectivity index (χ3n) is 4.20. The van der Waals surface area contributed by atoms with Crippen molar-refractivity contribution in [2.45, 2.75) is 63.0 Å². The maximum Gasteiger partial charge on any atom is 0.229 e. The molecule has 0 aromatic carbocycles. The van der Waals surface area contributed by atoms with Gasteiger partial charge in [-0.2, -0.15) is 4.98 Å². The molecule has 1 aromatic heterocycles. The monoisotopic (exact) mass is 251 g/mol. The molecule has 3 atom stereocenters. The molecule has 2 fully saturated rings. The van der Waals surface area contributed by atoms with Gasteiger partial charge in [0.25, 0.3) is 0 Å². The molecule has 1 saturated carbocycles. The molecule has 0 radical (unpaired) electrons. The summed E-state index contributed by atoms with van der Waals surface area (Å²) in [7, 11) is 0. The molecule has 2 aliphatic rings. The Morgan fingerprint density at radius 3 is 2.94 bits per heavy atom. The van der Waals surface area contributed by atoms with Gasteiger partial charge in [-0.1, -0.05) is 11.6 Å². The van der Waals surface area contributed by atoms with Gasteiger partial charge in [-0.3, -0.25) is 0 Å². The van der Waals surface area contributed by atoms with E-state index in [2.05, 4.69) is 10.1 Å². The molecule has 100 valence electrons. The van der Waals surface area contributed by atoms with Crippen LogP contribution < -0.4 is 5.73 Å². The summed E-state index contributed by atoms with van der Waals surface area (Å²) in [5, 5.41) is 4.12. The smallest absolute Gasteiger partial charge is 0.229 e. The normalized spacial score (nSPS) is 37.0. The van der Waals surface area contributed by atoms with Crippen molar-refractivity contribution in [3.8, 4) is 0 Å². The van der Waals surface area contributed by atoms with Crippen molar-refractivity contribution in [3.63, 3.8) is 0 Å². The summed E-state index contributed by atoms with van der Waals surface area (Å²) in [6.07, 6.45) is 6.35. The Hall–Kier alpha value is -0.940. The molecule has 1 aromatic rings. The van der Waals surface area contributed by atoms with Crippen LogP contribution in [0.5, 0.6) is 0 Å². The summed E-state index contributed by atoms with van der Waals surface area (Å²) in [6.45, 7) is 2.83. The third kappa shape index (κ3) is 2.17. The molecule has 0 spiro atoms. The molecule has 2 N–H and O–H groups in total. The van der Waals surface area contributed by atoms with Crippen molar-refractivity contribution in [3.05, 3.63) is 11.7 Å². The van der Waals surface area contributed by atoms with Gasteiger partial charge in [-0.15, -0.1) is 0 Å². The molecule has 18 heavy (non-hydrogen) atoms. The van der Waals surface area contributed by atoms with Crippen LogP contribution in [0.25, 0.3) is 0 Å². The predicted molar refractivity (Wildman–Crippen MR) is 66.0 cm³/mol. The second-order valence-electron chi connectivity index (χ2n) is 5.76. The molecule has 1 aliphatic heterocycles. The highest BCUT2D eigenvalue weighted by molar-refractivity contribution is 5.04. The lowest BCUT2D eigenvalue weighted by Gasteiger charge is -2.23. The van der Waals surface area contributed by atoms with Crippen LogP contribution in [-0.2, 0) is 10.3 Å². The number of ether oxygens (including phenoxy) is 1. The van der Waals surface area contributed by atoms with E-state index in [1.165, 1.54) is 0 Å². The van der Waals surface area contributed by atoms with Crippen LogP contribution in [0.15, 0.2) is 4.52 Å². The fourth-order valence-corrected chi connectivity index (χ4v) is 3.02. The molecule has 1 aliphatic carbocycles. The average Bonchev–Trinajstić information content (AvgIpc) is 2.98. The van der Waals surface area contributed by atoms with Crippen LogP contribution in [0.1, 0.15) is 63.1 Å². The van der Waals surface area contributed by atoms with E-state index in [-0.39, 0.29) is 11.6 Å². The second kappa shape index (κ2) is 4.63. The quantitative estimate of drug-likeness (QED) is 0.871. The van der Waals surface area contributed by atoms with Gasteiger partial charge in [0.15, 0.2) is 0 Å². The van der Waals surface area contributed by atoms with Gasteiger partial charge in [0.2, 0.25) is 11.7 Å². The summed E-state index contributed by atoms with van der Waals surface area (Å²) >= 11 is 0. The first-order chi connectivity index (χ1) is 8.67. The zero-order chi connectivity index (χ0) is 12.6. The fourth-order valence-electron chi connectivity index (χ4n) is 3.02. The van der Waals surface area contributed by atoms with Gasteiger partial charge in [-0.05, 0) is 39.0 Å². The Morgan fingerprint density at radius 1 is 1.33 bits per heavy atom. The van der Waals surface area contributed by atoms with Crippen molar-refractivity contribution < 1.29 is 9.26 Å². The standard InChI is InChI=1S/C13H21N3O2/c1-13(6-3-7-17-13)12-15-11(18-16-12)9-4-2-5-10(14)8-9/h9-10H,2-8,14H2,1H3. The maximum absolute atomic E-state index is 6.00. The van der Waals surface area contributed by atoms with Crippen molar-refractivity contribution >= 4 is 0 Å². The van der Waals surface area contributed by atoms with Crippen molar-refractivity contribution in [2.75, 3.05) is 6.61 Å². The number of aromatic nitrogens is 2. The largest absolute Gasteiger partial charge is 0.367 e. The van der Waals surface area contributed by atoms with Crippen molar-refractivity contribution in [1.29, 1.82) is 0 Å². The van der Waals surface area contributed by atoms with Gasteiger partial charge in [-0.25, -0.2) is 0 Å². The molecule has 2 heterocycles. The van der Waals surface area contributed by atoms with E-state index in [1.54, 1.807) is 0 Å². The number of nitrogens with two attached hydrogens (primary N) is 1. The lowest BCUT2D eigenvalue weighted by atomic mass is 9.86. The SMILES string of the molecule is CC1(c2noc(C3CCCC(N)C3)n2)CCCO1. The second-order valence-corrected chi connectivity index (χ2v) is 5.76. The van der Waals surface area contributed by atoms with Crippen LogP contribution in [0.3, 0.4) is 0 Å². The van der Waals surface area contributed by atoms with Gasteiger partial charge >= 0.3 is 0 Å². The number of hydrogen-bond donors (Lipinski definition) is 1. The summed E-state index contributed by atoms with van der Waals surface area (Å²) in [6, 6.07) is 0.275. The summed E-state index contributed by atoms with van der Waals surface area (Å²) < 4.78 is 11.2. The predicted octanol–water partition coefficient (Wildman–Crippen LogP) is 2.08. The molecular weight excluding hydrogens is 230 g/mol. The van der Waals surface area contributed by atoms with E-state index < -0.39 is 0 Å². The Bertz CT molecular complexity index is 412. The molecule has 3 rings (SSSR count). The van der Waals surface area contributed by atoms with E-state index in [1.807, 2.05) is 6.92 Å². The first kappa shape index (κ1) is 12.1. The van der Waals surface area contributed by atoms with Gasteiger partial charge in [0.1, 0.15) is 5.60 Å². The highest BCUT2D eigenvalue weighted by Crippen LogP contribution is 2.36. The molecule has 0 bridgehead atoms. The Morgan fingerprint density at radius 2 is 2.22 bits per heavy atom. The van der Waals surface area contributed by atoms with Gasteiger partial charge < -0.3 is 15.0 Å². The molecular formula is C13H21N3O2. The van der Waals surface area contributed by atoms with Crippen LogP contribution in [0.4, 0.5) is 0 Å². The minimum atomic E-state index is -0.349. The molecule has 0 amide bonds. The van der Waals surface area contributed by atoms with Crippen LogP contribution in [-0.4, -0.2) is 22.8 Å². The fraction of sp³-hybridized carbons (Fsp3) is 0.846. The Kier molecular flexibility index (Phi) is 3.11. The maximum atomic E-state index is 6.00. The topological polar surface area (TPSA) is 74.2 Å². The summed E-state index contributed by atoms with van der Waals surface area (Å²) in [4.78, 5) is 4.56. The van der Waals surface area contributed by atoms with E-state index in [4.69, 9.17) is 15.0 Å². The highest BCUT2D eigenvalue weighted by Gasteiger charge is 2.37. The average molecular weight is 251 g/mol. The van der Waals surface area contributed by atoms with Crippen molar-refractivity contribution in [1.82, 2.24) is 10.1 Å². The van der Waals surface area contributed by atoms with Crippen LogP contribution in [0, 0.1) is 0 Å². The zero-order valence-electron chi connectivity index (χ0n) is 10.9. The van der Waals surface area contributed by atoms with E-state index in [0.29, 0.717) is 11.7 Å². The number of nitrogens with zero attached hydrogens (tertiary/aromatic N) is 2. The lowest BCUT2D eigenvalue weighted by Crippen LogP contribution is -2.27. The first-order valence-electron chi connectivity index (χ1n) is 6.91. The molecule has 5 heteroatoms. The first-order valence-corrected chi connectivity index (χ1v) is 6.91. The minimum absolute atomic E-state index is 0.275. The number of rotatable bonds is 2. The summed E-state index contributed by atoms with van der Waals surface area (Å²) in [5.74, 6) is 1.78. The minimum Gasteiger partial charge on any atom is -0.367 e. The molecule has 1 saturated heterocycles. The Balaban J connectivity index is 1.76. The van der Waals surface area contributed by atoms with E-state index in [0.717, 1.165) is 51.0 Å². The van der Waals surface area contributed by atoms with Crippen LogP contribution >= 0.6 is 0 Å². The van der Waals surface area contributed by atoms with Gasteiger partial charge in [0.05, 0.1) is 0 Å². The van der Waals surface area contributed by atoms with Crippen LogP contribution in [0.2, 0.25) is 0 Å².